The van der Waals surface area contributed by atoms with Crippen molar-refractivity contribution in [2.75, 3.05) is 0 Å². The van der Waals surface area contributed by atoms with Gasteiger partial charge in [0.05, 0.1) is 22.3 Å². The van der Waals surface area contributed by atoms with E-state index in [9.17, 15) is 4.79 Å². The lowest BCUT2D eigenvalue weighted by Crippen LogP contribution is -2.16. The smallest absolute Gasteiger partial charge is 0.251 e. The average molecular weight is 298 g/mol. The second-order valence-electron chi connectivity index (χ2n) is 4.57. The van der Waals surface area contributed by atoms with Crippen molar-refractivity contribution in [3.8, 4) is 0 Å². The Balaban J connectivity index is 2.03. The fraction of sp³-hybridized carbons (Fsp3) is 0.0667. The molecule has 2 heterocycles. The summed E-state index contributed by atoms with van der Waals surface area (Å²) in [5.74, 6) is -0.491. The summed E-state index contributed by atoms with van der Waals surface area (Å²) in [6.07, 6.45) is 5.18. The molecule has 0 fully saturated rings. The van der Waals surface area contributed by atoms with Gasteiger partial charge in [0.1, 0.15) is 0 Å². The van der Waals surface area contributed by atoms with Gasteiger partial charge in [0, 0.05) is 29.1 Å². The van der Waals surface area contributed by atoms with Crippen LogP contribution in [-0.4, -0.2) is 15.7 Å². The summed E-state index contributed by atoms with van der Waals surface area (Å²) in [5, 5.41) is 9.15. The van der Waals surface area contributed by atoms with Crippen molar-refractivity contribution < 1.29 is 4.79 Å². The highest BCUT2D eigenvalue weighted by atomic mass is 32.2. The molecule has 3 rings (SSSR count). The molecule has 106 valence electrons. The molecule has 3 N–H and O–H groups in total. The fourth-order valence-electron chi connectivity index (χ4n) is 2.26. The lowest BCUT2D eigenvalue weighted by atomic mass is 10.1. The number of hydrogen-bond donors (Lipinski definition) is 2. The molecule has 0 unspecified atom stereocenters. The standard InChI is InChI=1S/C15H14N4OS/c1-3-9(14(16)20)15-17-8-13(21-15)10-5-4-6-12-11(10)7-18-19(12)2/h3-8,17H,1H2,2H3,(H2,16,20)/b15-9-. The topological polar surface area (TPSA) is 72.9 Å². The number of aryl methyl sites for hydroxylation is 1. The summed E-state index contributed by atoms with van der Waals surface area (Å²) in [4.78, 5) is 12.4. The zero-order valence-corrected chi connectivity index (χ0v) is 12.3. The first-order valence-corrected chi connectivity index (χ1v) is 7.15. The van der Waals surface area contributed by atoms with E-state index in [4.69, 9.17) is 5.73 Å². The first-order chi connectivity index (χ1) is 10.1. The van der Waals surface area contributed by atoms with Crippen molar-refractivity contribution >= 4 is 33.5 Å². The number of amides is 1. The van der Waals surface area contributed by atoms with Crippen LogP contribution in [0.1, 0.15) is 5.56 Å². The molecule has 1 amide bonds. The van der Waals surface area contributed by atoms with Crippen LogP contribution in [0.5, 0.6) is 0 Å². The van der Waals surface area contributed by atoms with Crippen LogP contribution in [0.15, 0.2) is 53.9 Å². The summed E-state index contributed by atoms with van der Waals surface area (Å²) < 4.78 is 1.84. The molecule has 0 radical (unpaired) electrons. The quantitative estimate of drug-likeness (QED) is 0.851. The number of primary amides is 1. The minimum atomic E-state index is -0.491. The van der Waals surface area contributed by atoms with E-state index in [0.717, 1.165) is 21.4 Å². The number of rotatable bonds is 3. The van der Waals surface area contributed by atoms with Crippen molar-refractivity contribution in [3.05, 3.63) is 59.4 Å². The molecule has 0 bridgehead atoms. The second kappa shape index (κ2) is 5.14. The Bertz CT molecular complexity index is 816. The number of carbonyl (C=O) groups is 1. The summed E-state index contributed by atoms with van der Waals surface area (Å²) in [7, 11) is 1.91. The van der Waals surface area contributed by atoms with Crippen LogP contribution in [0, 0.1) is 0 Å². The molecular weight excluding hydrogens is 284 g/mol. The number of fused-ring (bicyclic) bond motifs is 1. The summed E-state index contributed by atoms with van der Waals surface area (Å²) in [5.41, 5.74) is 7.87. The van der Waals surface area contributed by atoms with Gasteiger partial charge >= 0.3 is 0 Å². The van der Waals surface area contributed by atoms with E-state index >= 15 is 0 Å². The molecule has 1 aromatic carbocycles. The highest BCUT2D eigenvalue weighted by Gasteiger charge is 2.20. The number of nitrogens with one attached hydrogen (secondary N) is 1. The van der Waals surface area contributed by atoms with Crippen LogP contribution >= 0.6 is 11.8 Å². The van der Waals surface area contributed by atoms with Gasteiger partial charge in [-0.05, 0) is 6.07 Å². The number of nitrogens with zero attached hydrogens (tertiary/aromatic N) is 2. The van der Waals surface area contributed by atoms with Crippen molar-refractivity contribution in [2.45, 2.75) is 0 Å². The minimum Gasteiger partial charge on any atom is -0.366 e. The monoisotopic (exact) mass is 298 g/mol. The van der Waals surface area contributed by atoms with Crippen LogP contribution in [0.25, 0.3) is 15.8 Å². The van der Waals surface area contributed by atoms with Gasteiger partial charge in [0.2, 0.25) is 0 Å². The number of nitrogens with two attached hydrogens (primary N) is 1. The van der Waals surface area contributed by atoms with E-state index in [1.807, 2.05) is 42.3 Å². The van der Waals surface area contributed by atoms with Crippen LogP contribution < -0.4 is 11.1 Å². The van der Waals surface area contributed by atoms with Crippen molar-refractivity contribution in [3.63, 3.8) is 0 Å². The van der Waals surface area contributed by atoms with Gasteiger partial charge in [0.15, 0.2) is 0 Å². The predicted molar refractivity (Wildman–Crippen MR) is 85.8 cm³/mol. The van der Waals surface area contributed by atoms with Gasteiger partial charge in [0.25, 0.3) is 5.91 Å². The maximum absolute atomic E-state index is 11.4. The highest BCUT2D eigenvalue weighted by molar-refractivity contribution is 8.12. The zero-order chi connectivity index (χ0) is 15.0. The van der Waals surface area contributed by atoms with Crippen molar-refractivity contribution in [2.24, 2.45) is 12.8 Å². The highest BCUT2D eigenvalue weighted by Crippen LogP contribution is 2.40. The molecule has 0 saturated carbocycles. The van der Waals surface area contributed by atoms with Crippen molar-refractivity contribution in [1.82, 2.24) is 15.1 Å². The number of hydrogen-bond acceptors (Lipinski definition) is 4. The van der Waals surface area contributed by atoms with Gasteiger partial charge in [-0.1, -0.05) is 36.5 Å². The van der Waals surface area contributed by atoms with Gasteiger partial charge < -0.3 is 11.1 Å². The van der Waals surface area contributed by atoms with E-state index in [-0.39, 0.29) is 0 Å². The van der Waals surface area contributed by atoms with Crippen LogP contribution in [0.4, 0.5) is 0 Å². The van der Waals surface area contributed by atoms with Crippen LogP contribution in [0.2, 0.25) is 0 Å². The van der Waals surface area contributed by atoms with E-state index in [2.05, 4.69) is 17.0 Å². The summed E-state index contributed by atoms with van der Waals surface area (Å²) in [6.45, 7) is 3.63. The third kappa shape index (κ3) is 2.23. The largest absolute Gasteiger partial charge is 0.366 e. The molecular formula is C15H14N4OS. The Morgan fingerprint density at radius 3 is 3.05 bits per heavy atom. The summed E-state index contributed by atoms with van der Waals surface area (Å²) in [6, 6.07) is 6.05. The molecule has 1 aromatic heterocycles. The van der Waals surface area contributed by atoms with Gasteiger partial charge in [-0.25, -0.2) is 0 Å². The van der Waals surface area contributed by atoms with E-state index < -0.39 is 5.91 Å². The van der Waals surface area contributed by atoms with Gasteiger partial charge in [-0.3, -0.25) is 9.48 Å². The Labute approximate surface area is 126 Å². The number of benzene rings is 1. The SMILES string of the molecule is C=C/C(C(N)=O)=C1\NC=C(c2cccc3c2cnn3C)S1. The van der Waals surface area contributed by atoms with Crippen LogP contribution in [-0.2, 0) is 11.8 Å². The third-order valence-electron chi connectivity index (χ3n) is 3.32. The van der Waals surface area contributed by atoms with E-state index in [1.165, 1.54) is 17.8 Å². The van der Waals surface area contributed by atoms with Gasteiger partial charge in [-0.15, -0.1) is 0 Å². The Kier molecular flexibility index (Phi) is 3.31. The maximum Gasteiger partial charge on any atom is 0.251 e. The van der Waals surface area contributed by atoms with Crippen LogP contribution in [0.3, 0.4) is 0 Å². The normalized spacial score (nSPS) is 16.5. The van der Waals surface area contributed by atoms with Gasteiger partial charge in [-0.2, -0.15) is 5.10 Å². The molecule has 6 heteroatoms. The Hall–Kier alpha value is -2.47. The van der Waals surface area contributed by atoms with E-state index in [0.29, 0.717) is 10.6 Å². The lowest BCUT2D eigenvalue weighted by Gasteiger charge is -2.05. The molecule has 1 aliphatic rings. The molecule has 5 nitrogen and oxygen atoms in total. The van der Waals surface area contributed by atoms with Crippen molar-refractivity contribution in [1.29, 1.82) is 0 Å². The minimum absolute atomic E-state index is 0.393. The second-order valence-corrected chi connectivity index (χ2v) is 5.62. The molecule has 0 saturated heterocycles. The lowest BCUT2D eigenvalue weighted by molar-refractivity contribution is -0.114. The maximum atomic E-state index is 11.4. The Morgan fingerprint density at radius 2 is 2.33 bits per heavy atom. The zero-order valence-electron chi connectivity index (χ0n) is 11.5. The number of thioether (sulfide) groups is 1. The number of carbonyl (C=O) groups excluding carboxylic acids is 1. The first-order valence-electron chi connectivity index (χ1n) is 6.34. The molecule has 0 atom stereocenters. The Morgan fingerprint density at radius 1 is 1.52 bits per heavy atom. The number of aromatic nitrogens is 2. The van der Waals surface area contributed by atoms with E-state index in [1.54, 1.807) is 0 Å². The molecule has 1 aliphatic heterocycles. The molecule has 21 heavy (non-hydrogen) atoms. The fourth-order valence-corrected chi connectivity index (χ4v) is 3.30. The third-order valence-corrected chi connectivity index (χ3v) is 4.42. The molecule has 0 aliphatic carbocycles. The predicted octanol–water partition coefficient (Wildman–Crippen LogP) is 2.09. The average Bonchev–Trinajstić information content (AvgIpc) is 3.07. The molecule has 0 spiro atoms. The molecule has 2 aromatic rings. The first kappa shape index (κ1) is 13.5. The summed E-state index contributed by atoms with van der Waals surface area (Å²) >= 11 is 1.47.